The molecule has 0 amide bonds. The molecule has 0 aromatic carbocycles. The Morgan fingerprint density at radius 2 is 2.25 bits per heavy atom. The molecule has 4 nitrogen and oxygen atoms in total. The molecule has 0 saturated carbocycles. The smallest absolute Gasteiger partial charge is 0.297 e. The van der Waals surface area contributed by atoms with Gasteiger partial charge >= 0.3 is 0 Å². The van der Waals surface area contributed by atoms with E-state index >= 15 is 0 Å². The Kier molecular flexibility index (Phi) is 1.33. The van der Waals surface area contributed by atoms with E-state index in [1.165, 1.54) is 4.40 Å². The molecule has 0 saturated heterocycles. The van der Waals surface area contributed by atoms with E-state index in [2.05, 4.69) is 4.98 Å². The van der Waals surface area contributed by atoms with Gasteiger partial charge in [-0.3, -0.25) is 9.20 Å². The highest BCUT2D eigenvalue weighted by Crippen LogP contribution is 1.97. The normalized spacial score (nSPS) is 10.3. The second-order valence-electron chi connectivity index (χ2n) is 2.44. The molecule has 60 valence electrons. The monoisotopic (exact) mass is 161 g/mol. The molecule has 0 aliphatic rings. The minimum absolute atomic E-state index is 0.0266. The van der Waals surface area contributed by atoms with Gasteiger partial charge in [-0.2, -0.15) is 0 Å². The van der Waals surface area contributed by atoms with Gasteiger partial charge in [-0.15, -0.1) is 0 Å². The van der Waals surface area contributed by atoms with Crippen LogP contribution in [0.25, 0.3) is 5.52 Å². The lowest BCUT2D eigenvalue weighted by Crippen LogP contribution is -2.18. The number of aromatic nitrogens is 2. The first-order valence-electron chi connectivity index (χ1n) is 3.51. The van der Waals surface area contributed by atoms with E-state index in [1.54, 1.807) is 24.5 Å². The van der Waals surface area contributed by atoms with Crippen molar-refractivity contribution in [3.63, 3.8) is 0 Å². The maximum Gasteiger partial charge on any atom is 0.297 e. The van der Waals surface area contributed by atoms with Gasteiger partial charge in [-0.1, -0.05) is 6.07 Å². The zero-order chi connectivity index (χ0) is 8.55. The summed E-state index contributed by atoms with van der Waals surface area (Å²) in [7, 11) is 0. The molecule has 2 N–H and O–H groups in total. The van der Waals surface area contributed by atoms with Gasteiger partial charge in [-0.05, 0) is 12.1 Å². The number of fused-ring (bicyclic) bond motifs is 1. The third-order valence-corrected chi connectivity index (χ3v) is 1.67. The molecule has 2 rings (SSSR count). The molecule has 0 aliphatic heterocycles. The van der Waals surface area contributed by atoms with Gasteiger partial charge in [0, 0.05) is 6.20 Å². The summed E-state index contributed by atoms with van der Waals surface area (Å²) in [5, 5.41) is 0. The van der Waals surface area contributed by atoms with Crippen LogP contribution in [0.5, 0.6) is 0 Å². The molecule has 0 atom stereocenters. The summed E-state index contributed by atoms with van der Waals surface area (Å²) >= 11 is 0. The average Bonchev–Trinajstić information content (AvgIpc) is 2.12. The predicted molar refractivity (Wildman–Crippen MR) is 45.9 cm³/mol. The highest BCUT2D eigenvalue weighted by atomic mass is 16.1. The number of hydrogen-bond acceptors (Lipinski definition) is 3. The Balaban J connectivity index is 3.01. The number of anilines is 1. The predicted octanol–water partition coefficient (Wildman–Crippen LogP) is 0.277. The molecular formula is C8H7N3O. The molecule has 2 aromatic heterocycles. The number of nitrogen functional groups attached to an aromatic ring is 1. The van der Waals surface area contributed by atoms with Crippen LogP contribution >= 0.6 is 0 Å². The third-order valence-electron chi connectivity index (χ3n) is 1.67. The SMILES string of the molecule is Nc1ncc2ccccn2c1=O. The average molecular weight is 161 g/mol. The van der Waals surface area contributed by atoms with Crippen LogP contribution in [0.4, 0.5) is 5.82 Å². The molecule has 12 heavy (non-hydrogen) atoms. The van der Waals surface area contributed by atoms with Crippen molar-refractivity contribution >= 4 is 11.3 Å². The molecule has 0 fully saturated rings. The van der Waals surface area contributed by atoms with Crippen LogP contribution in [0.1, 0.15) is 0 Å². The van der Waals surface area contributed by atoms with Crippen LogP contribution in [-0.2, 0) is 0 Å². The minimum atomic E-state index is -0.270. The minimum Gasteiger partial charge on any atom is -0.379 e. The first-order valence-corrected chi connectivity index (χ1v) is 3.51. The zero-order valence-electron chi connectivity index (χ0n) is 6.27. The lowest BCUT2D eigenvalue weighted by Gasteiger charge is -1.98. The fourth-order valence-corrected chi connectivity index (χ4v) is 1.06. The molecule has 2 heterocycles. The van der Waals surface area contributed by atoms with Crippen LogP contribution < -0.4 is 11.3 Å². The van der Waals surface area contributed by atoms with Crippen molar-refractivity contribution in [2.75, 3.05) is 5.73 Å². The van der Waals surface area contributed by atoms with E-state index < -0.39 is 0 Å². The van der Waals surface area contributed by atoms with Crippen LogP contribution in [-0.4, -0.2) is 9.38 Å². The van der Waals surface area contributed by atoms with Crippen molar-refractivity contribution in [1.29, 1.82) is 0 Å². The molecule has 0 spiro atoms. The van der Waals surface area contributed by atoms with Gasteiger partial charge in [0.05, 0.1) is 11.7 Å². The lowest BCUT2D eigenvalue weighted by atomic mass is 10.4. The maximum atomic E-state index is 11.3. The molecule has 0 aliphatic carbocycles. The Morgan fingerprint density at radius 3 is 3.08 bits per heavy atom. The molecule has 0 bridgehead atoms. The first-order chi connectivity index (χ1) is 5.79. The molecular weight excluding hydrogens is 154 g/mol. The molecule has 4 heteroatoms. The van der Waals surface area contributed by atoms with Gasteiger partial charge in [-0.25, -0.2) is 4.98 Å². The number of nitrogens with two attached hydrogens (primary N) is 1. The number of hydrogen-bond donors (Lipinski definition) is 1. The highest BCUT2D eigenvalue weighted by Gasteiger charge is 1.98. The Bertz CT molecular complexity index is 475. The highest BCUT2D eigenvalue weighted by molar-refractivity contribution is 5.46. The summed E-state index contributed by atoms with van der Waals surface area (Å²) in [6.07, 6.45) is 3.23. The summed E-state index contributed by atoms with van der Waals surface area (Å²) in [5.74, 6) is 0.0266. The van der Waals surface area contributed by atoms with Crippen LogP contribution in [0, 0.1) is 0 Å². The zero-order valence-corrected chi connectivity index (χ0v) is 6.27. The summed E-state index contributed by atoms with van der Waals surface area (Å²) in [4.78, 5) is 15.1. The van der Waals surface area contributed by atoms with Gasteiger partial charge in [0.2, 0.25) is 0 Å². The fourth-order valence-electron chi connectivity index (χ4n) is 1.06. The maximum absolute atomic E-state index is 11.3. The molecule has 2 aromatic rings. The summed E-state index contributed by atoms with van der Waals surface area (Å²) < 4.78 is 1.46. The van der Waals surface area contributed by atoms with Crippen LogP contribution in [0.15, 0.2) is 35.4 Å². The van der Waals surface area contributed by atoms with E-state index in [1.807, 2.05) is 6.07 Å². The van der Waals surface area contributed by atoms with Crippen molar-refractivity contribution in [3.05, 3.63) is 40.9 Å². The second-order valence-corrected chi connectivity index (χ2v) is 2.44. The van der Waals surface area contributed by atoms with Crippen molar-refractivity contribution < 1.29 is 0 Å². The Morgan fingerprint density at radius 1 is 1.42 bits per heavy atom. The Labute approximate surface area is 68.3 Å². The van der Waals surface area contributed by atoms with Gasteiger partial charge < -0.3 is 5.73 Å². The summed E-state index contributed by atoms with van der Waals surface area (Å²) in [6.45, 7) is 0. The summed E-state index contributed by atoms with van der Waals surface area (Å²) in [5.41, 5.74) is 5.82. The summed E-state index contributed by atoms with van der Waals surface area (Å²) in [6, 6.07) is 5.41. The quantitative estimate of drug-likeness (QED) is 0.603. The van der Waals surface area contributed by atoms with Crippen molar-refractivity contribution in [1.82, 2.24) is 9.38 Å². The number of nitrogens with zero attached hydrogens (tertiary/aromatic N) is 2. The van der Waals surface area contributed by atoms with Gasteiger partial charge in [0.1, 0.15) is 0 Å². The topological polar surface area (TPSA) is 60.4 Å². The lowest BCUT2D eigenvalue weighted by molar-refractivity contribution is 1.06. The van der Waals surface area contributed by atoms with Crippen LogP contribution in [0.3, 0.4) is 0 Å². The van der Waals surface area contributed by atoms with Crippen LogP contribution in [0.2, 0.25) is 0 Å². The largest absolute Gasteiger partial charge is 0.379 e. The van der Waals surface area contributed by atoms with Crippen molar-refractivity contribution in [3.8, 4) is 0 Å². The van der Waals surface area contributed by atoms with E-state index in [0.717, 1.165) is 5.52 Å². The number of pyridine rings is 1. The van der Waals surface area contributed by atoms with E-state index in [4.69, 9.17) is 5.73 Å². The molecule has 0 unspecified atom stereocenters. The van der Waals surface area contributed by atoms with Crippen molar-refractivity contribution in [2.45, 2.75) is 0 Å². The van der Waals surface area contributed by atoms with E-state index in [-0.39, 0.29) is 11.4 Å². The standard InChI is InChI=1S/C8H7N3O/c9-7-8(12)11-4-2-1-3-6(11)5-10-7/h1-5H,(H2,9,10). The van der Waals surface area contributed by atoms with E-state index in [0.29, 0.717) is 0 Å². The number of rotatable bonds is 0. The molecule has 0 radical (unpaired) electrons. The van der Waals surface area contributed by atoms with Gasteiger partial charge in [0.15, 0.2) is 5.82 Å². The first kappa shape index (κ1) is 6.84. The fraction of sp³-hybridized carbons (Fsp3) is 0. The Hall–Kier alpha value is -1.84. The van der Waals surface area contributed by atoms with Crippen molar-refractivity contribution in [2.24, 2.45) is 0 Å². The van der Waals surface area contributed by atoms with E-state index in [9.17, 15) is 4.79 Å². The van der Waals surface area contributed by atoms with Gasteiger partial charge in [0.25, 0.3) is 5.56 Å². The third kappa shape index (κ3) is 0.852. The second kappa shape index (κ2) is 2.34.